The molecule has 0 amide bonds. The summed E-state index contributed by atoms with van der Waals surface area (Å²) in [5.74, 6) is 0. The van der Waals surface area contributed by atoms with Crippen LogP contribution in [0.2, 0.25) is 0 Å². The van der Waals surface area contributed by atoms with Crippen LogP contribution >= 0.6 is 0 Å². The molecule has 5 heavy (non-hydrogen) atoms. The van der Waals surface area contributed by atoms with E-state index in [4.69, 9.17) is 8.42 Å². The van der Waals surface area contributed by atoms with E-state index in [1.165, 1.54) is 0 Å². The van der Waals surface area contributed by atoms with Crippen molar-refractivity contribution in [2.24, 2.45) is 5.14 Å². The van der Waals surface area contributed by atoms with Gasteiger partial charge >= 0.3 is 0 Å². The van der Waals surface area contributed by atoms with E-state index in [1.807, 2.05) is 0 Å². The summed E-state index contributed by atoms with van der Waals surface area (Å²) in [6.07, 6.45) is 0. The fourth-order valence-corrected chi connectivity index (χ4v) is 0. The summed E-state index contributed by atoms with van der Waals surface area (Å²) in [5, 5.41) is 4.06. The van der Waals surface area contributed by atoms with E-state index in [9.17, 15) is 0 Å². The number of nitrogens with two attached hydrogens (primary N) is 1. The van der Waals surface area contributed by atoms with Crippen molar-refractivity contribution in [1.82, 2.24) is 0 Å². The van der Waals surface area contributed by atoms with E-state index < -0.39 is 10.9 Å². The predicted octanol–water partition coefficient (Wildman–Crippen LogP) is -1.53. The third kappa shape index (κ3) is 142. The van der Waals surface area contributed by atoms with Gasteiger partial charge in [-0.25, -0.2) is 13.6 Å². The third-order valence-corrected chi connectivity index (χ3v) is 0. The Balaban J connectivity index is 0. The van der Waals surface area contributed by atoms with E-state index >= 15 is 0 Å². The first-order chi connectivity index (χ1) is 1.73. The second-order valence-electron chi connectivity index (χ2n) is 0.285. The third-order valence-electron chi connectivity index (χ3n) is 0. The fourth-order valence-electron chi connectivity index (χ4n) is 0. The maximum atomic E-state index is 8.81. The Morgan fingerprint density at radius 3 is 1.40 bits per heavy atom. The average molecular weight is 137 g/mol. The van der Waals surface area contributed by atoms with Gasteiger partial charge in [-0.15, -0.1) is 0 Å². The molecule has 0 atom stereocenters. The molecule has 0 aliphatic rings. The number of thiol groups is 1. The summed E-state index contributed by atoms with van der Waals surface area (Å²) in [6, 6.07) is 0. The maximum Gasteiger partial charge on any atom is 0.198 e. The van der Waals surface area contributed by atoms with Crippen molar-refractivity contribution in [1.29, 1.82) is 0 Å². The van der Waals surface area contributed by atoms with Crippen molar-refractivity contribution in [3.63, 3.8) is 0 Å². The van der Waals surface area contributed by atoms with Gasteiger partial charge in [0, 0.05) is 17.1 Å². The van der Waals surface area contributed by atoms with Crippen molar-refractivity contribution in [3.05, 3.63) is 0 Å². The van der Waals surface area contributed by atoms with E-state index in [0.717, 1.165) is 0 Å². The predicted molar refractivity (Wildman–Crippen MR) is 14.5 cm³/mol. The molecule has 34 valence electrons. The van der Waals surface area contributed by atoms with E-state index in [0.29, 0.717) is 0 Å². The molecule has 0 spiro atoms. The summed E-state index contributed by atoms with van der Waals surface area (Å²) in [5.41, 5.74) is 0. The zero-order chi connectivity index (χ0) is 3.58. The minimum atomic E-state index is -2.62. The van der Waals surface area contributed by atoms with Gasteiger partial charge in [0.05, 0.1) is 0 Å². The Labute approximate surface area is 42.1 Å². The van der Waals surface area contributed by atoms with Crippen LogP contribution in [0.3, 0.4) is 0 Å². The number of rotatable bonds is 0. The number of hydrogen-bond donors (Lipinski definition) is 2. The van der Waals surface area contributed by atoms with Crippen molar-refractivity contribution < 1.29 is 25.5 Å². The van der Waals surface area contributed by atoms with Crippen molar-refractivity contribution in [3.8, 4) is 0 Å². The molecule has 0 saturated heterocycles. The summed E-state index contributed by atoms with van der Waals surface area (Å²) >= 11 is 0. The van der Waals surface area contributed by atoms with Crippen LogP contribution < -0.4 is 5.14 Å². The largest absolute Gasteiger partial charge is 0.231 e. The quantitative estimate of drug-likeness (QED) is 0.314. The van der Waals surface area contributed by atoms with Gasteiger partial charge in [0.2, 0.25) is 0 Å². The topological polar surface area (TPSA) is 60.2 Å². The molecule has 0 aromatic carbocycles. The minimum absolute atomic E-state index is 0. The maximum absolute atomic E-state index is 8.81. The average Bonchev–Trinajstić information content (AvgIpc) is 0.811. The Bertz CT molecular complexity index is 58.0. The normalized spacial score (nSPS) is 6.80. The van der Waals surface area contributed by atoms with E-state index in [2.05, 4.69) is 5.14 Å². The molecular formula is H3FeNO2S. The van der Waals surface area contributed by atoms with Gasteiger partial charge in [-0.05, 0) is 0 Å². The molecule has 5 heteroatoms. The summed E-state index contributed by atoms with van der Waals surface area (Å²) in [4.78, 5) is 0. The molecule has 2 N–H and O–H groups in total. The van der Waals surface area contributed by atoms with E-state index in [1.54, 1.807) is 0 Å². The molecule has 0 heterocycles. The van der Waals surface area contributed by atoms with Crippen LogP contribution in [0.25, 0.3) is 0 Å². The first kappa shape index (κ1) is 9.06. The fraction of sp³-hybridized carbons (Fsp3) is 0. The molecule has 0 aromatic heterocycles. The second-order valence-corrected chi connectivity index (χ2v) is 0.856. The Morgan fingerprint density at radius 1 is 1.40 bits per heavy atom. The smallest absolute Gasteiger partial charge is 0.198 e. The second kappa shape index (κ2) is 4.43. The molecule has 0 aromatic rings. The number of hydrogen-bond acceptors (Lipinski definition) is 2. The van der Waals surface area contributed by atoms with Crippen LogP contribution in [0.1, 0.15) is 0 Å². The summed E-state index contributed by atoms with van der Waals surface area (Å²) in [7, 11) is -2.62. The van der Waals surface area contributed by atoms with Gasteiger partial charge in [0.1, 0.15) is 0 Å². The molecule has 0 aliphatic heterocycles. The van der Waals surface area contributed by atoms with Gasteiger partial charge in [0.15, 0.2) is 10.9 Å². The van der Waals surface area contributed by atoms with Crippen LogP contribution in [0.5, 0.6) is 0 Å². The van der Waals surface area contributed by atoms with Gasteiger partial charge in [-0.3, -0.25) is 0 Å². The monoisotopic (exact) mass is 137 g/mol. The molecule has 0 saturated carbocycles. The van der Waals surface area contributed by atoms with Crippen molar-refractivity contribution >= 4 is 10.9 Å². The zero-order valence-electron chi connectivity index (χ0n) is 2.19. The first-order valence-electron chi connectivity index (χ1n) is 0.623. The molecule has 0 unspecified atom stereocenters. The Kier molecular flexibility index (Phi) is 8.02. The van der Waals surface area contributed by atoms with Crippen molar-refractivity contribution in [2.45, 2.75) is 0 Å². The van der Waals surface area contributed by atoms with Gasteiger partial charge < -0.3 is 0 Å². The van der Waals surface area contributed by atoms with Crippen LogP contribution in [-0.4, -0.2) is 8.42 Å². The van der Waals surface area contributed by atoms with Gasteiger partial charge in [-0.1, -0.05) is 0 Å². The van der Waals surface area contributed by atoms with Gasteiger partial charge in [-0.2, -0.15) is 0 Å². The SMILES string of the molecule is N[SH](=O)=O.[Fe]. The zero-order valence-corrected chi connectivity index (χ0v) is 4.19. The van der Waals surface area contributed by atoms with Crippen LogP contribution in [0.4, 0.5) is 0 Å². The first-order valence-corrected chi connectivity index (χ1v) is 1.87. The standard InChI is InChI=1S/Fe.H3NO2S/c;1-4(2)3/h;4H,(H2,1,2,3). The summed E-state index contributed by atoms with van der Waals surface area (Å²) < 4.78 is 17.6. The van der Waals surface area contributed by atoms with E-state index in [-0.39, 0.29) is 17.1 Å². The van der Waals surface area contributed by atoms with Gasteiger partial charge in [0.25, 0.3) is 0 Å². The molecular weight excluding hydrogens is 134 g/mol. The molecule has 0 radical (unpaired) electrons. The molecule has 0 fully saturated rings. The molecule has 0 bridgehead atoms. The minimum Gasteiger partial charge on any atom is -0.231 e. The molecule has 0 aliphatic carbocycles. The van der Waals surface area contributed by atoms with Crippen molar-refractivity contribution in [2.75, 3.05) is 0 Å². The summed E-state index contributed by atoms with van der Waals surface area (Å²) in [6.45, 7) is 0. The molecule has 0 rings (SSSR count). The molecule has 3 nitrogen and oxygen atoms in total. The van der Waals surface area contributed by atoms with Crippen LogP contribution in [0, 0.1) is 0 Å². The Morgan fingerprint density at radius 2 is 1.40 bits per heavy atom. The van der Waals surface area contributed by atoms with Crippen LogP contribution in [0.15, 0.2) is 0 Å². The Hall–Kier alpha value is 0.429. The van der Waals surface area contributed by atoms with Crippen LogP contribution in [-0.2, 0) is 28.0 Å².